The zero-order valence-electron chi connectivity index (χ0n) is 9.14. The van der Waals surface area contributed by atoms with Crippen molar-refractivity contribution in [3.8, 4) is 17.6 Å². The molecule has 0 bridgehead atoms. The zero-order valence-corrected chi connectivity index (χ0v) is 9.14. The molecule has 0 spiro atoms. The van der Waals surface area contributed by atoms with Crippen LogP contribution in [0.25, 0.3) is 0 Å². The Kier molecular flexibility index (Phi) is 4.06. The molecule has 0 heterocycles. The smallest absolute Gasteiger partial charge is 0.254 e. The highest BCUT2D eigenvalue weighted by atomic mass is 16.3. The fourth-order valence-corrected chi connectivity index (χ4v) is 1.13. The monoisotopic (exact) mass is 233 g/mol. The fraction of sp³-hybridized carbons (Fsp3) is 0.182. The van der Waals surface area contributed by atoms with Crippen LogP contribution in [0.15, 0.2) is 23.3 Å². The molecule has 1 rings (SSSR count). The minimum Gasteiger partial charge on any atom is -0.508 e. The lowest BCUT2D eigenvalue weighted by atomic mass is 10.1. The van der Waals surface area contributed by atoms with E-state index in [0.717, 1.165) is 0 Å². The second-order valence-electron chi connectivity index (χ2n) is 3.27. The normalized spacial score (nSPS) is 10.7. The van der Waals surface area contributed by atoms with Gasteiger partial charge >= 0.3 is 0 Å². The van der Waals surface area contributed by atoms with Gasteiger partial charge in [0.1, 0.15) is 17.9 Å². The summed E-state index contributed by atoms with van der Waals surface area (Å²) in [6, 6.07) is 5.66. The maximum absolute atomic E-state index is 11.0. The molecule has 1 aromatic carbocycles. The Bertz CT molecular complexity index is 503. The van der Waals surface area contributed by atoms with E-state index < -0.39 is 5.91 Å². The van der Waals surface area contributed by atoms with E-state index in [1.54, 1.807) is 13.0 Å². The molecule has 1 aromatic rings. The number of amides is 1. The lowest BCUT2D eigenvalue weighted by Crippen LogP contribution is -2.18. The molecule has 0 atom stereocenters. The summed E-state index contributed by atoms with van der Waals surface area (Å²) in [4.78, 5) is 11.0. The van der Waals surface area contributed by atoms with E-state index >= 15 is 0 Å². The van der Waals surface area contributed by atoms with Gasteiger partial charge in [0.2, 0.25) is 0 Å². The Labute approximate surface area is 97.8 Å². The largest absolute Gasteiger partial charge is 0.508 e. The molecule has 6 heteroatoms. The van der Waals surface area contributed by atoms with Gasteiger partial charge in [-0.2, -0.15) is 10.4 Å². The van der Waals surface area contributed by atoms with E-state index in [1.807, 2.05) is 0 Å². The molecule has 0 fully saturated rings. The standard InChI is InChI=1S/C11H11N3O3/c1-7(13-14-11(17)4-5-12)9-6-8(15)2-3-10(9)16/h2-3,6,15-16H,4H2,1H3,(H,14,17)/b13-7-. The number of phenols is 2. The summed E-state index contributed by atoms with van der Waals surface area (Å²) < 4.78 is 0. The quantitative estimate of drug-likeness (QED) is 0.409. The zero-order chi connectivity index (χ0) is 12.8. The van der Waals surface area contributed by atoms with Crippen molar-refractivity contribution in [2.24, 2.45) is 5.10 Å². The third-order valence-electron chi connectivity index (χ3n) is 1.96. The Morgan fingerprint density at radius 2 is 2.24 bits per heavy atom. The number of carbonyl (C=O) groups is 1. The van der Waals surface area contributed by atoms with Crippen LogP contribution in [-0.2, 0) is 4.79 Å². The van der Waals surface area contributed by atoms with E-state index in [2.05, 4.69) is 10.5 Å². The fourth-order valence-electron chi connectivity index (χ4n) is 1.13. The molecule has 6 nitrogen and oxygen atoms in total. The van der Waals surface area contributed by atoms with Gasteiger partial charge in [-0.15, -0.1) is 0 Å². The minimum absolute atomic E-state index is 0.0179. The van der Waals surface area contributed by atoms with E-state index in [1.165, 1.54) is 18.2 Å². The van der Waals surface area contributed by atoms with Gasteiger partial charge in [-0.25, -0.2) is 5.43 Å². The number of hydrogen-bond acceptors (Lipinski definition) is 5. The first-order valence-electron chi connectivity index (χ1n) is 4.77. The molecule has 0 aliphatic rings. The van der Waals surface area contributed by atoms with Crippen LogP contribution in [-0.4, -0.2) is 21.8 Å². The van der Waals surface area contributed by atoms with Crippen molar-refractivity contribution in [3.63, 3.8) is 0 Å². The van der Waals surface area contributed by atoms with Crippen LogP contribution in [0, 0.1) is 11.3 Å². The van der Waals surface area contributed by atoms with E-state index in [-0.39, 0.29) is 17.9 Å². The highest BCUT2D eigenvalue weighted by molar-refractivity contribution is 6.01. The van der Waals surface area contributed by atoms with Crippen molar-refractivity contribution in [2.45, 2.75) is 13.3 Å². The third kappa shape index (κ3) is 3.50. The van der Waals surface area contributed by atoms with Gasteiger partial charge in [0.05, 0.1) is 11.8 Å². The molecule has 0 aliphatic heterocycles. The minimum atomic E-state index is -0.536. The van der Waals surface area contributed by atoms with Crippen LogP contribution >= 0.6 is 0 Å². The maximum Gasteiger partial charge on any atom is 0.254 e. The molecule has 0 unspecified atom stereocenters. The number of rotatable bonds is 3. The van der Waals surface area contributed by atoms with Crippen molar-refractivity contribution in [1.82, 2.24) is 5.43 Å². The van der Waals surface area contributed by atoms with Gasteiger partial charge in [0, 0.05) is 5.56 Å². The highest BCUT2D eigenvalue weighted by Crippen LogP contribution is 2.22. The van der Waals surface area contributed by atoms with Crippen LogP contribution < -0.4 is 5.43 Å². The highest BCUT2D eigenvalue weighted by Gasteiger charge is 2.06. The molecule has 3 N–H and O–H groups in total. The number of nitrogens with zero attached hydrogens (tertiary/aromatic N) is 2. The second-order valence-corrected chi connectivity index (χ2v) is 3.27. The summed E-state index contributed by atoms with van der Waals surface area (Å²) in [5.41, 5.74) is 2.79. The van der Waals surface area contributed by atoms with E-state index in [4.69, 9.17) is 5.26 Å². The first-order valence-corrected chi connectivity index (χ1v) is 4.77. The second kappa shape index (κ2) is 5.51. The van der Waals surface area contributed by atoms with Gasteiger partial charge in [0.25, 0.3) is 5.91 Å². The lowest BCUT2D eigenvalue weighted by molar-refractivity contribution is -0.120. The van der Waals surface area contributed by atoms with Gasteiger partial charge in [0.15, 0.2) is 0 Å². The van der Waals surface area contributed by atoms with Gasteiger partial charge in [-0.1, -0.05) is 0 Å². The Morgan fingerprint density at radius 3 is 2.88 bits per heavy atom. The predicted molar refractivity (Wildman–Crippen MR) is 60.4 cm³/mol. The van der Waals surface area contributed by atoms with E-state index in [9.17, 15) is 15.0 Å². The number of hydrazone groups is 1. The molecule has 1 amide bonds. The molecule has 0 aliphatic carbocycles. The predicted octanol–water partition coefficient (Wildman–Crippen LogP) is 0.852. The maximum atomic E-state index is 11.0. The van der Waals surface area contributed by atoms with Gasteiger partial charge < -0.3 is 10.2 Å². The average molecular weight is 233 g/mol. The number of benzene rings is 1. The molecular weight excluding hydrogens is 222 g/mol. The summed E-state index contributed by atoms with van der Waals surface area (Å²) in [7, 11) is 0. The van der Waals surface area contributed by atoms with Crippen LogP contribution in [0.5, 0.6) is 11.5 Å². The van der Waals surface area contributed by atoms with E-state index in [0.29, 0.717) is 11.3 Å². The lowest BCUT2D eigenvalue weighted by Gasteiger charge is -2.04. The van der Waals surface area contributed by atoms with Crippen molar-refractivity contribution < 1.29 is 15.0 Å². The molecular formula is C11H11N3O3. The molecule has 88 valence electrons. The Morgan fingerprint density at radius 1 is 1.53 bits per heavy atom. The van der Waals surface area contributed by atoms with Crippen molar-refractivity contribution in [3.05, 3.63) is 23.8 Å². The van der Waals surface area contributed by atoms with Crippen LogP contribution in [0.4, 0.5) is 0 Å². The SMILES string of the molecule is C/C(=N/NC(=O)CC#N)c1cc(O)ccc1O. The summed E-state index contributed by atoms with van der Waals surface area (Å²) in [6.45, 7) is 1.56. The number of phenolic OH excluding ortho intramolecular Hbond substituents is 2. The van der Waals surface area contributed by atoms with Crippen LogP contribution in [0.2, 0.25) is 0 Å². The number of nitrogens with one attached hydrogen (secondary N) is 1. The summed E-state index contributed by atoms with van der Waals surface area (Å²) >= 11 is 0. The van der Waals surface area contributed by atoms with Crippen molar-refractivity contribution >= 4 is 11.6 Å². The number of hydrogen-bond donors (Lipinski definition) is 3. The van der Waals surface area contributed by atoms with Crippen molar-refractivity contribution in [2.75, 3.05) is 0 Å². The van der Waals surface area contributed by atoms with Crippen LogP contribution in [0.3, 0.4) is 0 Å². The van der Waals surface area contributed by atoms with Crippen LogP contribution in [0.1, 0.15) is 18.9 Å². The molecule has 0 aromatic heterocycles. The molecule has 0 radical (unpaired) electrons. The van der Waals surface area contributed by atoms with Crippen molar-refractivity contribution in [1.29, 1.82) is 5.26 Å². The van der Waals surface area contributed by atoms with Gasteiger partial charge in [-0.3, -0.25) is 4.79 Å². The summed E-state index contributed by atoms with van der Waals surface area (Å²) in [6.07, 6.45) is -0.289. The molecule has 0 saturated carbocycles. The van der Waals surface area contributed by atoms with Gasteiger partial charge in [-0.05, 0) is 25.1 Å². The molecule has 17 heavy (non-hydrogen) atoms. The third-order valence-corrected chi connectivity index (χ3v) is 1.96. The number of carbonyl (C=O) groups excluding carboxylic acids is 1. The molecule has 0 saturated heterocycles. The first-order chi connectivity index (χ1) is 8.04. The summed E-state index contributed by atoms with van der Waals surface area (Å²) in [5.74, 6) is -0.610. The Hall–Kier alpha value is -2.55. The average Bonchev–Trinajstić information content (AvgIpc) is 2.29. The topological polar surface area (TPSA) is 106 Å². The number of aromatic hydroxyl groups is 2. The Balaban J connectivity index is 2.85. The summed E-state index contributed by atoms with van der Waals surface area (Å²) in [5, 5.41) is 30.7. The first kappa shape index (κ1) is 12.5. The number of nitriles is 1.